The number of benzene rings is 1. The Balaban J connectivity index is 2.36. The smallest absolute Gasteiger partial charge is 0.192 e. The van der Waals surface area contributed by atoms with Crippen LogP contribution in [0.1, 0.15) is 16.8 Å². The maximum atomic E-state index is 12.6. The number of hydrogen-bond donors (Lipinski definition) is 0. The van der Waals surface area contributed by atoms with Gasteiger partial charge in [0.05, 0.1) is 0 Å². The van der Waals surface area contributed by atoms with Crippen molar-refractivity contribution in [3.05, 3.63) is 111 Å². The molecule has 0 amide bonds. The quantitative estimate of drug-likeness (QED) is 0.516. The predicted molar refractivity (Wildman–Crippen MR) is 99.8 cm³/mol. The molecule has 0 unspecified atom stereocenters. The van der Waals surface area contributed by atoms with Crippen molar-refractivity contribution < 1.29 is 4.79 Å². The molecule has 0 fully saturated rings. The summed E-state index contributed by atoms with van der Waals surface area (Å²) in [4.78, 5) is 16.3. The fourth-order valence-corrected chi connectivity index (χ4v) is 2.84. The molecule has 1 aliphatic rings. The number of carbonyl (C=O) groups is 1. The number of nitrogens with zero attached hydrogens (tertiary/aromatic N) is 2. The van der Waals surface area contributed by atoms with Crippen molar-refractivity contribution in [2.45, 2.75) is 12.1 Å². The Bertz CT molecular complexity index is 677. The van der Waals surface area contributed by atoms with E-state index in [1.807, 2.05) is 58.4 Å². The summed E-state index contributed by atoms with van der Waals surface area (Å²) >= 11 is 0. The van der Waals surface area contributed by atoms with E-state index in [-0.39, 0.29) is 5.78 Å². The van der Waals surface area contributed by atoms with Crippen LogP contribution in [0.25, 0.3) is 0 Å². The van der Waals surface area contributed by atoms with Crippen LogP contribution in [-0.2, 0) is 0 Å². The molecule has 1 aromatic rings. The van der Waals surface area contributed by atoms with Gasteiger partial charge in [-0.1, -0.05) is 68.8 Å². The number of rotatable bonds is 8. The minimum Gasteiger partial charge on any atom is -0.328 e. The lowest BCUT2D eigenvalue weighted by Crippen LogP contribution is -2.51. The minimum atomic E-state index is -0.590. The second-order valence-electron chi connectivity index (χ2n) is 5.32. The van der Waals surface area contributed by atoms with Crippen LogP contribution in [0.15, 0.2) is 105 Å². The number of carbonyl (C=O) groups excluding carboxylic acids is 1. The third-order valence-electron chi connectivity index (χ3n) is 4.13. The molecule has 0 bridgehead atoms. The minimum absolute atomic E-state index is 0.00737. The van der Waals surface area contributed by atoms with Crippen molar-refractivity contribution >= 4 is 5.78 Å². The lowest BCUT2D eigenvalue weighted by molar-refractivity contribution is 0.102. The van der Waals surface area contributed by atoms with Crippen LogP contribution < -0.4 is 0 Å². The van der Waals surface area contributed by atoms with Gasteiger partial charge >= 0.3 is 0 Å². The van der Waals surface area contributed by atoms with Gasteiger partial charge < -0.3 is 9.80 Å². The van der Waals surface area contributed by atoms with Crippen LogP contribution in [0.3, 0.4) is 0 Å². The molecule has 0 aliphatic heterocycles. The van der Waals surface area contributed by atoms with E-state index in [1.54, 1.807) is 24.8 Å². The lowest BCUT2D eigenvalue weighted by Gasteiger charge is -2.46. The molecular formula is C21H22N2O. The summed E-state index contributed by atoms with van der Waals surface area (Å²) < 4.78 is 0. The second-order valence-corrected chi connectivity index (χ2v) is 5.32. The van der Waals surface area contributed by atoms with Crippen molar-refractivity contribution in [2.75, 3.05) is 0 Å². The molecule has 0 spiro atoms. The molecule has 0 heterocycles. The zero-order valence-corrected chi connectivity index (χ0v) is 13.8. The van der Waals surface area contributed by atoms with Crippen molar-refractivity contribution in [3.8, 4) is 0 Å². The largest absolute Gasteiger partial charge is 0.328 e. The highest BCUT2D eigenvalue weighted by Crippen LogP contribution is 2.33. The molecule has 24 heavy (non-hydrogen) atoms. The molecule has 0 N–H and O–H groups in total. The Labute approximate surface area is 143 Å². The summed E-state index contributed by atoms with van der Waals surface area (Å²) in [6, 6.07) is 9.25. The van der Waals surface area contributed by atoms with Gasteiger partial charge in [0.25, 0.3) is 0 Å². The number of Topliss-reactive ketones (excluding diaryl/α,β-unsaturated/α-hetero) is 1. The highest BCUT2D eigenvalue weighted by Gasteiger charge is 2.36. The summed E-state index contributed by atoms with van der Waals surface area (Å²) in [6.45, 7) is 15.4. The zero-order valence-electron chi connectivity index (χ0n) is 13.8. The van der Waals surface area contributed by atoms with Crippen LogP contribution in [-0.4, -0.2) is 21.2 Å². The summed E-state index contributed by atoms with van der Waals surface area (Å²) in [7, 11) is 0. The van der Waals surface area contributed by atoms with Gasteiger partial charge in [-0.2, -0.15) is 0 Å². The molecule has 3 heteroatoms. The van der Waals surface area contributed by atoms with E-state index in [4.69, 9.17) is 0 Å². The standard InChI is InChI=1S/C21H22N2O/c1-5-22(6-2)21(23(7-3)8-4)16-14-19(15-17-21)20(24)18-12-10-9-11-13-18/h5-16H,1-4,17H2. The summed E-state index contributed by atoms with van der Waals surface area (Å²) in [5.74, 6) is 0.00737. The van der Waals surface area contributed by atoms with Gasteiger partial charge in [-0.05, 0) is 30.9 Å². The van der Waals surface area contributed by atoms with E-state index in [0.717, 1.165) is 0 Å². The van der Waals surface area contributed by atoms with E-state index >= 15 is 0 Å². The van der Waals surface area contributed by atoms with Gasteiger partial charge in [0.15, 0.2) is 5.78 Å². The van der Waals surface area contributed by atoms with Crippen LogP contribution in [0.5, 0.6) is 0 Å². The summed E-state index contributed by atoms with van der Waals surface area (Å²) in [5, 5.41) is 0. The number of hydrogen-bond acceptors (Lipinski definition) is 3. The van der Waals surface area contributed by atoms with Gasteiger partial charge in [0.1, 0.15) is 5.66 Å². The van der Waals surface area contributed by atoms with E-state index in [9.17, 15) is 4.79 Å². The van der Waals surface area contributed by atoms with Crippen molar-refractivity contribution in [1.29, 1.82) is 0 Å². The molecule has 0 saturated carbocycles. The first-order valence-corrected chi connectivity index (χ1v) is 7.69. The van der Waals surface area contributed by atoms with Crippen molar-refractivity contribution in [1.82, 2.24) is 9.80 Å². The van der Waals surface area contributed by atoms with Gasteiger partial charge in [0, 0.05) is 17.6 Å². The monoisotopic (exact) mass is 318 g/mol. The molecule has 0 aromatic heterocycles. The SMILES string of the molecule is C=CN(C=C)C1(N(C=C)C=C)C=CC(C(=O)c2ccccc2)=CC1. The van der Waals surface area contributed by atoms with Gasteiger partial charge in [-0.15, -0.1) is 0 Å². The highest BCUT2D eigenvalue weighted by atomic mass is 16.1. The fraction of sp³-hybridized carbons (Fsp3) is 0.0952. The molecule has 0 saturated heterocycles. The van der Waals surface area contributed by atoms with Crippen LogP contribution in [0.4, 0.5) is 0 Å². The molecule has 0 radical (unpaired) electrons. The predicted octanol–water partition coefficient (Wildman–Crippen LogP) is 4.63. The summed E-state index contributed by atoms with van der Waals surface area (Å²) in [5.41, 5.74) is 0.750. The van der Waals surface area contributed by atoms with Gasteiger partial charge in [-0.3, -0.25) is 4.79 Å². The number of ketones is 1. The first-order chi connectivity index (χ1) is 11.6. The average Bonchev–Trinajstić information content (AvgIpc) is 2.64. The second kappa shape index (κ2) is 7.47. The van der Waals surface area contributed by atoms with Crippen LogP contribution in [0.2, 0.25) is 0 Å². The topological polar surface area (TPSA) is 23.6 Å². The Morgan fingerprint density at radius 3 is 1.92 bits per heavy atom. The summed E-state index contributed by atoms with van der Waals surface area (Å²) in [6.07, 6.45) is 13.0. The lowest BCUT2D eigenvalue weighted by atomic mass is 9.90. The molecular weight excluding hydrogens is 296 g/mol. The average molecular weight is 318 g/mol. The maximum Gasteiger partial charge on any atom is 0.192 e. The first kappa shape index (κ1) is 17.3. The Kier molecular flexibility index (Phi) is 5.38. The Morgan fingerprint density at radius 1 is 0.958 bits per heavy atom. The molecule has 1 aromatic carbocycles. The van der Waals surface area contributed by atoms with Crippen molar-refractivity contribution in [2.24, 2.45) is 0 Å². The Morgan fingerprint density at radius 2 is 1.50 bits per heavy atom. The van der Waals surface area contributed by atoms with Crippen LogP contribution in [0, 0.1) is 0 Å². The highest BCUT2D eigenvalue weighted by molar-refractivity contribution is 6.10. The van der Waals surface area contributed by atoms with Gasteiger partial charge in [-0.25, -0.2) is 0 Å². The Hall–Kier alpha value is -3.07. The zero-order chi connectivity index (χ0) is 17.6. The van der Waals surface area contributed by atoms with E-state index < -0.39 is 5.66 Å². The molecule has 2 rings (SSSR count). The van der Waals surface area contributed by atoms with Crippen molar-refractivity contribution in [3.63, 3.8) is 0 Å². The van der Waals surface area contributed by atoms with E-state index in [0.29, 0.717) is 17.6 Å². The van der Waals surface area contributed by atoms with Crippen LogP contribution >= 0.6 is 0 Å². The normalized spacial score (nSPS) is 14.9. The third kappa shape index (κ3) is 3.01. The fourth-order valence-electron chi connectivity index (χ4n) is 2.84. The molecule has 3 nitrogen and oxygen atoms in total. The molecule has 1 aliphatic carbocycles. The molecule has 122 valence electrons. The van der Waals surface area contributed by atoms with E-state index in [1.165, 1.54) is 0 Å². The number of allylic oxidation sites excluding steroid dienone is 2. The first-order valence-electron chi connectivity index (χ1n) is 7.69. The van der Waals surface area contributed by atoms with E-state index in [2.05, 4.69) is 26.3 Å². The molecule has 0 atom stereocenters. The maximum absolute atomic E-state index is 12.6. The third-order valence-corrected chi connectivity index (χ3v) is 4.13. The van der Waals surface area contributed by atoms with Gasteiger partial charge in [0.2, 0.25) is 0 Å².